The van der Waals surface area contributed by atoms with Crippen LogP contribution in [0.5, 0.6) is 5.75 Å². The van der Waals surface area contributed by atoms with Crippen molar-refractivity contribution in [2.24, 2.45) is 0 Å². The van der Waals surface area contributed by atoms with Crippen molar-refractivity contribution in [1.29, 1.82) is 0 Å². The van der Waals surface area contributed by atoms with Crippen molar-refractivity contribution in [3.8, 4) is 17.1 Å². The molecular formula is C13H11F2NO4. The number of nitrogens with zero attached hydrogens (tertiary/aromatic N) is 1. The van der Waals surface area contributed by atoms with Crippen LogP contribution in [-0.4, -0.2) is 23.3 Å². The second kappa shape index (κ2) is 5.28. The number of ether oxygens (including phenoxy) is 1. The van der Waals surface area contributed by atoms with Gasteiger partial charge in [0.1, 0.15) is 6.17 Å². The summed E-state index contributed by atoms with van der Waals surface area (Å²) in [5.41, 5.74) is -0.139. The summed E-state index contributed by atoms with van der Waals surface area (Å²) in [5, 5.41) is 12.1. The zero-order valence-corrected chi connectivity index (χ0v) is 10.7. The monoisotopic (exact) mass is 283 g/mol. The van der Waals surface area contributed by atoms with Gasteiger partial charge in [0, 0.05) is 6.07 Å². The van der Waals surface area contributed by atoms with E-state index in [1.165, 1.54) is 20.1 Å². The van der Waals surface area contributed by atoms with E-state index in [2.05, 4.69) is 5.16 Å². The molecule has 1 N–H and O–H groups in total. The van der Waals surface area contributed by atoms with E-state index in [1.807, 2.05) is 0 Å². The van der Waals surface area contributed by atoms with E-state index in [0.717, 1.165) is 12.1 Å². The molecule has 20 heavy (non-hydrogen) atoms. The molecule has 0 aliphatic heterocycles. The molecule has 0 bridgehead atoms. The molecule has 0 amide bonds. The van der Waals surface area contributed by atoms with Crippen LogP contribution in [0, 0.1) is 5.82 Å². The summed E-state index contributed by atoms with van der Waals surface area (Å²) in [6, 6.07) is 3.46. The molecule has 7 heteroatoms. The van der Waals surface area contributed by atoms with Crippen LogP contribution in [0.3, 0.4) is 0 Å². The summed E-state index contributed by atoms with van der Waals surface area (Å²) < 4.78 is 36.9. The average molecular weight is 283 g/mol. The third-order valence-corrected chi connectivity index (χ3v) is 2.72. The number of rotatable bonds is 4. The van der Waals surface area contributed by atoms with Crippen molar-refractivity contribution in [2.75, 3.05) is 7.11 Å². The van der Waals surface area contributed by atoms with Gasteiger partial charge in [0.25, 0.3) is 0 Å². The van der Waals surface area contributed by atoms with Gasteiger partial charge in [0.15, 0.2) is 23.0 Å². The van der Waals surface area contributed by atoms with Gasteiger partial charge >= 0.3 is 5.97 Å². The molecule has 0 fully saturated rings. The van der Waals surface area contributed by atoms with E-state index in [4.69, 9.17) is 14.4 Å². The Labute approximate surface area is 112 Å². The standard InChI is InChI=1S/C13H11F2NO4/c1-6(14)7-3-8(12(19-2)9(15)4-7)11-5-10(13(17)18)16-20-11/h3-6H,1-2H3,(H,17,18). The number of methoxy groups -OCH3 is 1. The van der Waals surface area contributed by atoms with E-state index in [0.29, 0.717) is 0 Å². The van der Waals surface area contributed by atoms with Crippen LogP contribution in [0.2, 0.25) is 0 Å². The van der Waals surface area contributed by atoms with Crippen LogP contribution >= 0.6 is 0 Å². The topological polar surface area (TPSA) is 72.6 Å². The predicted molar refractivity (Wildman–Crippen MR) is 64.9 cm³/mol. The Kier molecular flexibility index (Phi) is 3.69. The van der Waals surface area contributed by atoms with Gasteiger partial charge in [-0.15, -0.1) is 0 Å². The molecule has 0 aliphatic rings. The van der Waals surface area contributed by atoms with Gasteiger partial charge in [-0.3, -0.25) is 0 Å². The lowest BCUT2D eigenvalue weighted by Crippen LogP contribution is -1.96. The summed E-state index contributed by atoms with van der Waals surface area (Å²) in [5.74, 6) is -2.23. The van der Waals surface area contributed by atoms with Crippen LogP contribution in [0.15, 0.2) is 22.7 Å². The number of carbonyl (C=O) groups is 1. The summed E-state index contributed by atoms with van der Waals surface area (Å²) in [6.45, 7) is 1.26. The molecule has 0 radical (unpaired) electrons. The molecule has 5 nitrogen and oxygen atoms in total. The molecule has 2 rings (SSSR count). The smallest absolute Gasteiger partial charge is 0.358 e. The van der Waals surface area contributed by atoms with E-state index in [-0.39, 0.29) is 28.3 Å². The summed E-state index contributed by atoms with van der Waals surface area (Å²) in [7, 11) is 1.24. The van der Waals surface area contributed by atoms with E-state index in [9.17, 15) is 13.6 Å². The van der Waals surface area contributed by atoms with Crippen LogP contribution < -0.4 is 4.74 Å². The molecule has 0 saturated carbocycles. The first kappa shape index (κ1) is 14.0. The minimum Gasteiger partial charge on any atom is -0.493 e. The van der Waals surface area contributed by atoms with Gasteiger partial charge in [-0.1, -0.05) is 5.16 Å². The molecule has 0 spiro atoms. The van der Waals surface area contributed by atoms with Crippen LogP contribution in [0.25, 0.3) is 11.3 Å². The van der Waals surface area contributed by atoms with Crippen molar-refractivity contribution in [2.45, 2.75) is 13.1 Å². The summed E-state index contributed by atoms with van der Waals surface area (Å²) in [4.78, 5) is 10.8. The minimum atomic E-state index is -1.39. The fourth-order valence-electron chi connectivity index (χ4n) is 1.74. The van der Waals surface area contributed by atoms with Crippen molar-refractivity contribution < 1.29 is 27.9 Å². The van der Waals surface area contributed by atoms with Gasteiger partial charge in [-0.05, 0) is 24.6 Å². The lowest BCUT2D eigenvalue weighted by molar-refractivity contribution is 0.0686. The molecule has 1 atom stereocenters. The maximum atomic E-state index is 13.9. The van der Waals surface area contributed by atoms with Crippen LogP contribution in [-0.2, 0) is 0 Å². The molecule has 0 aliphatic carbocycles. The largest absolute Gasteiger partial charge is 0.493 e. The number of benzene rings is 1. The van der Waals surface area contributed by atoms with Crippen LogP contribution in [0.4, 0.5) is 8.78 Å². The average Bonchev–Trinajstić information content (AvgIpc) is 2.87. The fraction of sp³-hybridized carbons (Fsp3) is 0.231. The third-order valence-electron chi connectivity index (χ3n) is 2.72. The number of halogens is 2. The zero-order chi connectivity index (χ0) is 14.9. The Hall–Kier alpha value is -2.44. The molecule has 2 aromatic rings. The first-order valence-corrected chi connectivity index (χ1v) is 5.66. The Morgan fingerprint density at radius 2 is 2.15 bits per heavy atom. The van der Waals surface area contributed by atoms with Crippen molar-refractivity contribution >= 4 is 5.97 Å². The SMILES string of the molecule is COc1c(F)cc(C(C)F)cc1-c1cc(C(=O)O)no1. The second-order valence-electron chi connectivity index (χ2n) is 4.08. The number of hydrogen-bond acceptors (Lipinski definition) is 4. The lowest BCUT2D eigenvalue weighted by atomic mass is 10.0. The fourth-order valence-corrected chi connectivity index (χ4v) is 1.74. The minimum absolute atomic E-state index is 0.0133. The highest BCUT2D eigenvalue weighted by Crippen LogP contribution is 2.36. The predicted octanol–water partition coefficient (Wildman–Crippen LogP) is 3.22. The van der Waals surface area contributed by atoms with E-state index < -0.39 is 18.0 Å². The molecule has 0 saturated heterocycles. The molecule has 1 unspecified atom stereocenters. The van der Waals surface area contributed by atoms with Gasteiger partial charge in [0.2, 0.25) is 0 Å². The number of aromatic carboxylic acids is 1. The lowest BCUT2D eigenvalue weighted by Gasteiger charge is -2.10. The number of alkyl halides is 1. The third kappa shape index (κ3) is 2.47. The summed E-state index contributed by atoms with van der Waals surface area (Å²) in [6.07, 6.45) is -1.39. The summed E-state index contributed by atoms with van der Waals surface area (Å²) >= 11 is 0. The Balaban J connectivity index is 2.60. The number of carboxylic acid groups (broad SMARTS) is 1. The second-order valence-corrected chi connectivity index (χ2v) is 4.08. The van der Waals surface area contributed by atoms with E-state index >= 15 is 0 Å². The molecule has 1 aromatic heterocycles. The zero-order valence-electron chi connectivity index (χ0n) is 10.7. The first-order chi connectivity index (χ1) is 9.43. The number of aromatic nitrogens is 1. The maximum absolute atomic E-state index is 13.9. The molecule has 1 aromatic carbocycles. The number of hydrogen-bond donors (Lipinski definition) is 1. The Morgan fingerprint density at radius 3 is 2.65 bits per heavy atom. The normalized spacial score (nSPS) is 12.2. The quantitative estimate of drug-likeness (QED) is 0.932. The van der Waals surface area contributed by atoms with Crippen molar-refractivity contribution in [1.82, 2.24) is 5.16 Å². The van der Waals surface area contributed by atoms with Crippen molar-refractivity contribution in [3.05, 3.63) is 35.3 Å². The van der Waals surface area contributed by atoms with Crippen molar-refractivity contribution in [3.63, 3.8) is 0 Å². The molecule has 1 heterocycles. The van der Waals surface area contributed by atoms with E-state index in [1.54, 1.807) is 0 Å². The van der Waals surface area contributed by atoms with Gasteiger partial charge in [0.05, 0.1) is 12.7 Å². The Bertz CT molecular complexity index is 652. The number of carboxylic acids is 1. The van der Waals surface area contributed by atoms with Gasteiger partial charge < -0.3 is 14.4 Å². The molecular weight excluding hydrogens is 272 g/mol. The highest BCUT2D eigenvalue weighted by Gasteiger charge is 2.20. The Morgan fingerprint density at radius 1 is 1.45 bits per heavy atom. The maximum Gasteiger partial charge on any atom is 0.358 e. The van der Waals surface area contributed by atoms with Gasteiger partial charge in [-0.2, -0.15) is 0 Å². The van der Waals surface area contributed by atoms with Gasteiger partial charge in [-0.25, -0.2) is 13.6 Å². The highest BCUT2D eigenvalue weighted by molar-refractivity contribution is 5.86. The highest BCUT2D eigenvalue weighted by atomic mass is 19.1. The molecule has 106 valence electrons. The van der Waals surface area contributed by atoms with Crippen LogP contribution in [0.1, 0.15) is 29.1 Å². The first-order valence-electron chi connectivity index (χ1n) is 5.66.